The molecule has 0 radical (unpaired) electrons. The zero-order chi connectivity index (χ0) is 19.8. The first-order valence-corrected chi connectivity index (χ1v) is 11.3. The van der Waals surface area contributed by atoms with Crippen LogP contribution in [0.1, 0.15) is 11.5 Å². The zero-order valence-corrected chi connectivity index (χ0v) is 16.7. The Kier molecular flexibility index (Phi) is 5.21. The number of anilines is 1. The normalized spacial score (nSPS) is 16.5. The van der Waals surface area contributed by atoms with Crippen LogP contribution in [-0.4, -0.2) is 57.3 Å². The van der Waals surface area contributed by atoms with E-state index >= 15 is 0 Å². The van der Waals surface area contributed by atoms with Crippen molar-refractivity contribution in [1.29, 1.82) is 0 Å². The fourth-order valence-corrected chi connectivity index (χ4v) is 4.90. The van der Waals surface area contributed by atoms with E-state index in [4.69, 9.17) is 5.14 Å². The molecule has 11 heteroatoms. The van der Waals surface area contributed by atoms with E-state index in [1.54, 1.807) is 0 Å². The zero-order valence-electron chi connectivity index (χ0n) is 15.0. The molecular weight excluding hydrogens is 390 g/mol. The Balaban J connectivity index is 1.74. The van der Waals surface area contributed by atoms with Crippen molar-refractivity contribution >= 4 is 25.9 Å². The maximum Gasteiger partial charge on any atom is 0.243 e. The molecule has 0 saturated carbocycles. The summed E-state index contributed by atoms with van der Waals surface area (Å²) in [5.74, 6) is 1.46. The number of hydrogen-bond donors (Lipinski definition) is 1. The Hall–Kier alpha value is -2.08. The molecule has 1 aromatic carbocycles. The minimum Gasteiger partial charge on any atom is -0.354 e. The summed E-state index contributed by atoms with van der Waals surface area (Å²) in [6.45, 7) is 5.34. The summed E-state index contributed by atoms with van der Waals surface area (Å²) < 4.78 is 49.6. The van der Waals surface area contributed by atoms with Crippen LogP contribution in [0.5, 0.6) is 0 Å². The van der Waals surface area contributed by atoms with E-state index < -0.39 is 20.0 Å². The molecule has 1 aromatic heterocycles. The third-order valence-electron chi connectivity index (χ3n) is 4.31. The number of nitrogens with zero attached hydrogens (tertiary/aromatic N) is 4. The SMILES string of the molecule is Cc1cc(N2CCN(S(=O)(=O)c3ccc(S(N)(=O)=O)cc3)CC2)nc(C)n1. The molecule has 2 N–H and O–H groups in total. The van der Waals surface area contributed by atoms with Gasteiger partial charge in [0.1, 0.15) is 11.6 Å². The average molecular weight is 412 g/mol. The molecule has 3 rings (SSSR count). The monoisotopic (exact) mass is 411 g/mol. The van der Waals surface area contributed by atoms with Crippen LogP contribution in [0, 0.1) is 13.8 Å². The van der Waals surface area contributed by atoms with Gasteiger partial charge in [-0.25, -0.2) is 31.9 Å². The van der Waals surface area contributed by atoms with Crippen molar-refractivity contribution in [2.45, 2.75) is 23.6 Å². The molecule has 0 spiro atoms. The van der Waals surface area contributed by atoms with E-state index in [2.05, 4.69) is 9.97 Å². The van der Waals surface area contributed by atoms with E-state index in [0.717, 1.165) is 11.5 Å². The van der Waals surface area contributed by atoms with Gasteiger partial charge in [0.15, 0.2) is 0 Å². The molecule has 2 aromatic rings. The van der Waals surface area contributed by atoms with E-state index in [-0.39, 0.29) is 9.79 Å². The topological polar surface area (TPSA) is 127 Å². The summed E-state index contributed by atoms with van der Waals surface area (Å²) in [5, 5.41) is 5.05. The van der Waals surface area contributed by atoms with E-state index in [1.807, 2.05) is 24.8 Å². The van der Waals surface area contributed by atoms with Crippen molar-refractivity contribution in [3.05, 3.63) is 41.9 Å². The van der Waals surface area contributed by atoms with Crippen LogP contribution in [0.15, 0.2) is 40.1 Å². The largest absolute Gasteiger partial charge is 0.354 e. The summed E-state index contributed by atoms with van der Waals surface area (Å²) in [7, 11) is -7.57. The number of hydrogen-bond acceptors (Lipinski definition) is 7. The fraction of sp³-hybridized carbons (Fsp3) is 0.375. The predicted octanol–water partition coefficient (Wildman–Crippen LogP) is 0.252. The van der Waals surface area contributed by atoms with Crippen LogP contribution in [0.25, 0.3) is 0 Å². The molecule has 0 unspecified atom stereocenters. The van der Waals surface area contributed by atoms with Gasteiger partial charge in [-0.3, -0.25) is 0 Å². The number of primary sulfonamides is 1. The summed E-state index contributed by atoms with van der Waals surface area (Å²) >= 11 is 0. The van der Waals surface area contributed by atoms with Gasteiger partial charge in [0.2, 0.25) is 20.0 Å². The van der Waals surface area contributed by atoms with Crippen LogP contribution in [-0.2, 0) is 20.0 Å². The van der Waals surface area contributed by atoms with Crippen molar-refractivity contribution in [2.75, 3.05) is 31.1 Å². The third kappa shape index (κ3) is 4.26. The minimum atomic E-state index is -3.86. The quantitative estimate of drug-likeness (QED) is 0.764. The Morgan fingerprint density at radius 1 is 0.889 bits per heavy atom. The molecule has 2 heterocycles. The summed E-state index contributed by atoms with van der Waals surface area (Å²) in [6, 6.07) is 6.80. The fourth-order valence-electron chi connectivity index (χ4n) is 2.97. The summed E-state index contributed by atoms with van der Waals surface area (Å²) in [6.07, 6.45) is 0. The van der Waals surface area contributed by atoms with E-state index in [0.29, 0.717) is 32.0 Å². The maximum absolute atomic E-state index is 12.8. The molecule has 9 nitrogen and oxygen atoms in total. The number of rotatable bonds is 4. The molecule has 0 atom stereocenters. The molecule has 1 fully saturated rings. The van der Waals surface area contributed by atoms with Gasteiger partial charge in [0, 0.05) is 37.9 Å². The lowest BCUT2D eigenvalue weighted by Gasteiger charge is -2.34. The second kappa shape index (κ2) is 7.15. The van der Waals surface area contributed by atoms with Gasteiger partial charge in [0.05, 0.1) is 9.79 Å². The van der Waals surface area contributed by atoms with Gasteiger partial charge >= 0.3 is 0 Å². The first kappa shape index (κ1) is 19.7. The number of nitrogens with two attached hydrogens (primary N) is 1. The van der Waals surface area contributed by atoms with Crippen LogP contribution >= 0.6 is 0 Å². The average Bonchev–Trinajstić information content (AvgIpc) is 2.60. The molecule has 0 amide bonds. The molecule has 0 bridgehead atoms. The van der Waals surface area contributed by atoms with Crippen LogP contribution < -0.4 is 10.0 Å². The Morgan fingerprint density at radius 3 is 1.96 bits per heavy atom. The summed E-state index contributed by atoms with van der Waals surface area (Å²) in [5.41, 5.74) is 0.863. The van der Waals surface area contributed by atoms with Crippen molar-refractivity contribution in [2.24, 2.45) is 5.14 Å². The van der Waals surface area contributed by atoms with Gasteiger partial charge in [-0.1, -0.05) is 0 Å². The van der Waals surface area contributed by atoms with Gasteiger partial charge in [-0.15, -0.1) is 0 Å². The van der Waals surface area contributed by atoms with Crippen LogP contribution in [0.2, 0.25) is 0 Å². The molecule has 27 heavy (non-hydrogen) atoms. The van der Waals surface area contributed by atoms with E-state index in [9.17, 15) is 16.8 Å². The molecule has 1 aliphatic rings. The first-order chi connectivity index (χ1) is 12.6. The molecule has 146 valence electrons. The number of aromatic nitrogens is 2. The lowest BCUT2D eigenvalue weighted by atomic mass is 10.3. The van der Waals surface area contributed by atoms with Gasteiger partial charge in [0.25, 0.3) is 0 Å². The van der Waals surface area contributed by atoms with Crippen molar-refractivity contribution in [3.63, 3.8) is 0 Å². The first-order valence-electron chi connectivity index (χ1n) is 8.27. The van der Waals surface area contributed by atoms with Crippen LogP contribution in [0.4, 0.5) is 5.82 Å². The summed E-state index contributed by atoms with van der Waals surface area (Å²) in [4.78, 5) is 10.6. The van der Waals surface area contributed by atoms with Crippen molar-refractivity contribution in [1.82, 2.24) is 14.3 Å². The third-order valence-corrected chi connectivity index (χ3v) is 7.15. The standard InChI is InChI=1S/C16H21N5O4S2/c1-12-11-16(19-13(2)18-12)20-7-9-21(10-8-20)27(24,25)15-5-3-14(4-6-15)26(17,22)23/h3-6,11H,7-10H2,1-2H3,(H2,17,22,23). The highest BCUT2D eigenvalue weighted by Crippen LogP contribution is 2.21. The van der Waals surface area contributed by atoms with Crippen molar-refractivity contribution < 1.29 is 16.8 Å². The van der Waals surface area contributed by atoms with Gasteiger partial charge in [-0.05, 0) is 38.1 Å². The lowest BCUT2D eigenvalue weighted by Crippen LogP contribution is -2.49. The molecule has 0 aliphatic carbocycles. The lowest BCUT2D eigenvalue weighted by molar-refractivity contribution is 0.383. The van der Waals surface area contributed by atoms with Crippen LogP contribution in [0.3, 0.4) is 0 Å². The molecule has 1 saturated heterocycles. The van der Waals surface area contributed by atoms with E-state index in [1.165, 1.54) is 28.6 Å². The molecular formula is C16H21N5O4S2. The highest BCUT2D eigenvalue weighted by molar-refractivity contribution is 7.89. The minimum absolute atomic E-state index is 0.0390. The van der Waals surface area contributed by atoms with Crippen molar-refractivity contribution in [3.8, 4) is 0 Å². The Bertz CT molecular complexity index is 1020. The highest BCUT2D eigenvalue weighted by atomic mass is 32.2. The smallest absolute Gasteiger partial charge is 0.243 e. The number of benzene rings is 1. The Labute approximate surface area is 158 Å². The Morgan fingerprint density at radius 2 is 1.44 bits per heavy atom. The number of piperazine rings is 1. The number of aryl methyl sites for hydroxylation is 2. The second-order valence-electron chi connectivity index (χ2n) is 6.32. The highest BCUT2D eigenvalue weighted by Gasteiger charge is 2.29. The molecule has 1 aliphatic heterocycles. The predicted molar refractivity (Wildman–Crippen MR) is 100 cm³/mol. The second-order valence-corrected chi connectivity index (χ2v) is 9.82. The number of sulfonamides is 2. The van der Waals surface area contributed by atoms with Gasteiger partial charge < -0.3 is 4.90 Å². The van der Waals surface area contributed by atoms with Gasteiger partial charge in [-0.2, -0.15) is 4.31 Å². The maximum atomic E-state index is 12.8.